The van der Waals surface area contributed by atoms with Gasteiger partial charge in [0.2, 0.25) is 11.8 Å². The Morgan fingerprint density at radius 2 is 1.96 bits per heavy atom. The first kappa shape index (κ1) is 18.4. The van der Waals surface area contributed by atoms with Crippen molar-refractivity contribution in [3.05, 3.63) is 34.2 Å². The van der Waals surface area contributed by atoms with E-state index in [0.29, 0.717) is 29.1 Å². The minimum atomic E-state index is -0.421. The van der Waals surface area contributed by atoms with Gasteiger partial charge in [-0.05, 0) is 34.0 Å². The van der Waals surface area contributed by atoms with Gasteiger partial charge in [0, 0.05) is 0 Å². The molecule has 0 saturated heterocycles. The maximum atomic E-state index is 12.1. The molecule has 0 aliphatic rings. The predicted molar refractivity (Wildman–Crippen MR) is 98.5 cm³/mol. The minimum absolute atomic E-state index is 0.296. The number of ether oxygens (including phenoxy) is 1. The number of thiazole rings is 1. The van der Waals surface area contributed by atoms with Crippen LogP contribution in [-0.4, -0.2) is 23.4 Å². The number of aromatic nitrogens is 1. The van der Waals surface area contributed by atoms with Crippen molar-refractivity contribution >= 4 is 49.9 Å². The molecule has 8 heteroatoms. The van der Waals surface area contributed by atoms with Gasteiger partial charge in [0.05, 0.1) is 22.3 Å². The van der Waals surface area contributed by atoms with E-state index < -0.39 is 11.8 Å². The largest absolute Gasteiger partial charge is 0.491 e. The molecular formula is C16H18BrN3O3S. The second-order valence-corrected chi connectivity index (χ2v) is 7.85. The Hall–Kier alpha value is -1.93. The number of rotatable bonds is 7. The summed E-state index contributed by atoms with van der Waals surface area (Å²) in [5.74, 6) is 0.125. The van der Waals surface area contributed by atoms with E-state index in [9.17, 15) is 9.59 Å². The molecule has 2 aromatic rings. The Labute approximate surface area is 152 Å². The molecule has 6 nitrogen and oxygen atoms in total. The molecule has 2 amide bonds. The summed E-state index contributed by atoms with van der Waals surface area (Å²) in [6.07, 6.45) is 1.29. The summed E-state index contributed by atoms with van der Waals surface area (Å²) in [4.78, 5) is 27.9. The van der Waals surface area contributed by atoms with Crippen molar-refractivity contribution in [1.82, 2.24) is 4.98 Å². The monoisotopic (exact) mass is 411 g/mol. The van der Waals surface area contributed by atoms with Crippen LogP contribution in [0.25, 0.3) is 0 Å². The van der Waals surface area contributed by atoms with Crippen molar-refractivity contribution in [3.8, 4) is 5.75 Å². The molecule has 24 heavy (non-hydrogen) atoms. The second-order valence-electron chi connectivity index (χ2n) is 5.44. The molecule has 0 bridgehead atoms. The van der Waals surface area contributed by atoms with Crippen LogP contribution in [0.5, 0.6) is 5.75 Å². The van der Waals surface area contributed by atoms with Crippen LogP contribution in [0.2, 0.25) is 0 Å². The minimum Gasteiger partial charge on any atom is -0.491 e. The summed E-state index contributed by atoms with van der Waals surface area (Å²) < 4.78 is 6.48. The second kappa shape index (κ2) is 8.79. The Morgan fingerprint density at radius 3 is 2.62 bits per heavy atom. The molecule has 0 spiro atoms. The van der Waals surface area contributed by atoms with Gasteiger partial charge in [0.1, 0.15) is 12.2 Å². The average molecular weight is 412 g/mol. The molecule has 128 valence electrons. The van der Waals surface area contributed by atoms with Gasteiger partial charge in [-0.1, -0.05) is 37.3 Å². The van der Waals surface area contributed by atoms with E-state index in [2.05, 4.69) is 31.5 Å². The fourth-order valence-corrected chi connectivity index (χ4v) is 2.89. The van der Waals surface area contributed by atoms with Crippen LogP contribution in [0.3, 0.4) is 0 Å². The van der Waals surface area contributed by atoms with Gasteiger partial charge in [-0.15, -0.1) is 0 Å². The Balaban J connectivity index is 1.91. The number of nitrogens with zero attached hydrogens (tertiary/aromatic N) is 1. The highest BCUT2D eigenvalue weighted by Crippen LogP contribution is 2.25. The molecular weight excluding hydrogens is 394 g/mol. The fraction of sp³-hybridized carbons (Fsp3) is 0.312. The zero-order valence-electron chi connectivity index (χ0n) is 13.3. The van der Waals surface area contributed by atoms with Crippen molar-refractivity contribution in [1.29, 1.82) is 0 Å². The molecule has 1 heterocycles. The fourth-order valence-electron chi connectivity index (χ4n) is 1.77. The molecule has 1 aromatic carbocycles. The third-order valence-electron chi connectivity index (χ3n) is 2.78. The normalized spacial score (nSPS) is 10.5. The van der Waals surface area contributed by atoms with E-state index in [1.165, 1.54) is 11.3 Å². The highest BCUT2D eigenvalue weighted by Gasteiger charge is 2.13. The molecule has 0 fully saturated rings. The molecule has 0 aliphatic carbocycles. The van der Waals surface area contributed by atoms with Crippen molar-refractivity contribution in [2.24, 2.45) is 5.92 Å². The maximum absolute atomic E-state index is 12.1. The molecule has 2 N–H and O–H groups in total. The topological polar surface area (TPSA) is 80.3 Å². The third kappa shape index (κ3) is 5.93. The van der Waals surface area contributed by atoms with Crippen LogP contribution < -0.4 is 15.4 Å². The summed E-state index contributed by atoms with van der Waals surface area (Å²) >= 11 is 4.54. The summed E-state index contributed by atoms with van der Waals surface area (Å²) in [6.45, 7) is 4.64. The quantitative estimate of drug-likeness (QED) is 0.676. The van der Waals surface area contributed by atoms with E-state index in [1.807, 2.05) is 19.9 Å². The number of benzene rings is 1. The van der Waals surface area contributed by atoms with Gasteiger partial charge in [-0.2, -0.15) is 0 Å². The van der Waals surface area contributed by atoms with Crippen LogP contribution in [0, 0.1) is 5.92 Å². The van der Waals surface area contributed by atoms with Gasteiger partial charge in [0.25, 0.3) is 0 Å². The summed E-state index contributed by atoms with van der Waals surface area (Å²) in [5, 5.41) is 5.73. The molecule has 0 aliphatic heterocycles. The standard InChI is InChI=1S/C16H18BrN3O3S/c1-10(2)9-23-12-6-4-3-5-11(12)19-14(21)7-15(22)20-16-18-8-13(17)24-16/h3-6,8,10H,7,9H2,1-2H3,(H,19,21)(H,18,20,22). The molecule has 0 unspecified atom stereocenters. The predicted octanol–water partition coefficient (Wildman–Crippen LogP) is 3.91. The number of halogens is 1. The van der Waals surface area contributed by atoms with Crippen LogP contribution in [-0.2, 0) is 9.59 Å². The highest BCUT2D eigenvalue weighted by molar-refractivity contribution is 9.11. The summed E-state index contributed by atoms with van der Waals surface area (Å²) in [6, 6.07) is 7.15. The van der Waals surface area contributed by atoms with Gasteiger partial charge >= 0.3 is 0 Å². The van der Waals surface area contributed by atoms with Gasteiger partial charge in [-0.3, -0.25) is 9.59 Å². The number of anilines is 2. The summed E-state index contributed by atoms with van der Waals surface area (Å²) in [5.41, 5.74) is 0.549. The molecule has 0 radical (unpaired) electrons. The van der Waals surface area contributed by atoms with Crippen LogP contribution in [0.4, 0.5) is 10.8 Å². The lowest BCUT2D eigenvalue weighted by atomic mass is 10.2. The third-order valence-corrected chi connectivity index (χ3v) is 4.17. The first-order chi connectivity index (χ1) is 11.4. The van der Waals surface area contributed by atoms with E-state index in [0.717, 1.165) is 3.79 Å². The lowest BCUT2D eigenvalue weighted by Gasteiger charge is -2.13. The smallest absolute Gasteiger partial charge is 0.235 e. The van der Waals surface area contributed by atoms with E-state index in [-0.39, 0.29) is 6.42 Å². The number of carbonyl (C=O) groups excluding carboxylic acids is 2. The Bertz CT molecular complexity index is 718. The van der Waals surface area contributed by atoms with Gasteiger partial charge < -0.3 is 15.4 Å². The Morgan fingerprint density at radius 1 is 1.25 bits per heavy atom. The zero-order valence-corrected chi connectivity index (χ0v) is 15.7. The average Bonchev–Trinajstić information content (AvgIpc) is 2.91. The number of nitrogens with one attached hydrogen (secondary N) is 2. The van der Waals surface area contributed by atoms with Gasteiger partial charge in [-0.25, -0.2) is 4.98 Å². The van der Waals surface area contributed by atoms with Crippen LogP contribution in [0.1, 0.15) is 20.3 Å². The summed E-state index contributed by atoms with van der Waals surface area (Å²) in [7, 11) is 0. The molecule has 1 aromatic heterocycles. The number of hydrogen-bond donors (Lipinski definition) is 2. The van der Waals surface area contributed by atoms with Crippen molar-refractivity contribution in [2.75, 3.05) is 17.2 Å². The lowest BCUT2D eigenvalue weighted by molar-refractivity contribution is -0.123. The van der Waals surface area contributed by atoms with Crippen LogP contribution >= 0.6 is 27.3 Å². The van der Waals surface area contributed by atoms with E-state index >= 15 is 0 Å². The number of hydrogen-bond acceptors (Lipinski definition) is 5. The molecule has 0 atom stereocenters. The molecule has 0 saturated carbocycles. The number of carbonyl (C=O) groups is 2. The zero-order chi connectivity index (χ0) is 17.5. The van der Waals surface area contributed by atoms with Crippen molar-refractivity contribution in [2.45, 2.75) is 20.3 Å². The highest BCUT2D eigenvalue weighted by atomic mass is 79.9. The van der Waals surface area contributed by atoms with Crippen molar-refractivity contribution in [3.63, 3.8) is 0 Å². The SMILES string of the molecule is CC(C)COc1ccccc1NC(=O)CC(=O)Nc1ncc(Br)s1. The first-order valence-electron chi connectivity index (χ1n) is 7.37. The molecule has 2 rings (SSSR count). The van der Waals surface area contributed by atoms with Crippen LogP contribution in [0.15, 0.2) is 34.2 Å². The van der Waals surface area contributed by atoms with E-state index in [4.69, 9.17) is 4.74 Å². The van der Waals surface area contributed by atoms with E-state index in [1.54, 1.807) is 24.4 Å². The maximum Gasteiger partial charge on any atom is 0.235 e. The van der Waals surface area contributed by atoms with Crippen molar-refractivity contribution < 1.29 is 14.3 Å². The number of amides is 2. The van der Waals surface area contributed by atoms with Gasteiger partial charge in [0.15, 0.2) is 5.13 Å². The lowest BCUT2D eigenvalue weighted by Crippen LogP contribution is -2.21. The number of para-hydroxylation sites is 2. The Kier molecular flexibility index (Phi) is 6.74. The first-order valence-corrected chi connectivity index (χ1v) is 8.98.